The monoisotopic (exact) mass is 603 g/mol. The van der Waals surface area contributed by atoms with Gasteiger partial charge in [-0.1, -0.05) is 66.7 Å². The summed E-state index contributed by atoms with van der Waals surface area (Å²) in [5.74, 6) is -0.375. The summed E-state index contributed by atoms with van der Waals surface area (Å²) < 4.78 is 36.5. The van der Waals surface area contributed by atoms with Gasteiger partial charge in [-0.25, -0.2) is 0 Å². The van der Waals surface area contributed by atoms with E-state index in [9.17, 15) is 25.2 Å². The van der Waals surface area contributed by atoms with Crippen molar-refractivity contribution in [3.05, 3.63) is 84.4 Å². The largest absolute Gasteiger partial charge is 0.394 e. The Labute approximate surface area is 250 Å². The summed E-state index contributed by atoms with van der Waals surface area (Å²) in [6, 6.07) is 18.1. The van der Waals surface area contributed by atoms with Crippen LogP contribution in [0.1, 0.15) is 18.1 Å². The van der Waals surface area contributed by atoms with Crippen molar-refractivity contribution in [2.45, 2.75) is 81.5 Å². The second-order valence-electron chi connectivity index (χ2n) is 10.5. The highest BCUT2D eigenvalue weighted by Crippen LogP contribution is 2.32. The number of aliphatic hydroxyl groups is 4. The standard InChI is InChI=1S/C31H41NO11/c1-3-14-39-29-24(32-19(2)34)30(40-17-21-12-8-5-9-13-21)42-23(18-38-16-20-10-6-4-7-11-20)28(29)43-31-27(37)26(36)25(35)22(15-33)41-31/h3-13,22-31,33,35-37H,1,14-18H2,2H3,(H,32,34). The molecule has 4 rings (SSSR count). The lowest BCUT2D eigenvalue weighted by atomic mass is 9.95. The van der Waals surface area contributed by atoms with Gasteiger partial charge in [0, 0.05) is 6.92 Å². The number of hydrogen-bond acceptors (Lipinski definition) is 11. The Morgan fingerprint density at radius 2 is 1.49 bits per heavy atom. The van der Waals surface area contributed by atoms with Gasteiger partial charge in [0.25, 0.3) is 0 Å². The molecule has 12 heteroatoms. The maximum absolute atomic E-state index is 12.4. The molecular formula is C31H41NO11. The van der Waals surface area contributed by atoms with E-state index in [1.165, 1.54) is 13.0 Å². The summed E-state index contributed by atoms with van der Waals surface area (Å²) >= 11 is 0. The van der Waals surface area contributed by atoms with Crippen LogP contribution >= 0.6 is 0 Å². The maximum Gasteiger partial charge on any atom is 0.217 e. The predicted octanol–water partition coefficient (Wildman–Crippen LogP) is 0.406. The second-order valence-corrected chi connectivity index (χ2v) is 10.5. The topological polar surface area (TPSA) is 165 Å². The normalized spacial score (nSPS) is 32.7. The van der Waals surface area contributed by atoms with Crippen LogP contribution in [0.25, 0.3) is 0 Å². The molecule has 0 bridgehead atoms. The predicted molar refractivity (Wildman–Crippen MR) is 152 cm³/mol. The molecule has 2 aliphatic heterocycles. The van der Waals surface area contributed by atoms with E-state index in [0.29, 0.717) is 0 Å². The van der Waals surface area contributed by atoms with E-state index in [4.69, 9.17) is 28.4 Å². The molecule has 10 atom stereocenters. The summed E-state index contributed by atoms with van der Waals surface area (Å²) in [6.45, 7) is 4.94. The summed E-state index contributed by atoms with van der Waals surface area (Å²) in [7, 11) is 0. The fourth-order valence-electron chi connectivity index (χ4n) is 5.06. The molecular weight excluding hydrogens is 562 g/mol. The van der Waals surface area contributed by atoms with Crippen LogP contribution in [-0.4, -0.2) is 108 Å². The number of benzene rings is 2. The number of rotatable bonds is 14. The number of carbonyl (C=O) groups excluding carboxylic acids is 1. The van der Waals surface area contributed by atoms with Crippen molar-refractivity contribution < 1.29 is 53.6 Å². The van der Waals surface area contributed by atoms with Crippen LogP contribution in [0.4, 0.5) is 0 Å². The Balaban J connectivity index is 1.63. The van der Waals surface area contributed by atoms with Gasteiger partial charge in [0.1, 0.15) is 48.8 Å². The van der Waals surface area contributed by atoms with Crippen LogP contribution in [-0.2, 0) is 46.4 Å². The average molecular weight is 604 g/mol. The first-order valence-electron chi connectivity index (χ1n) is 14.2. The first kappa shape index (κ1) is 33.1. The van der Waals surface area contributed by atoms with Gasteiger partial charge in [0.05, 0.1) is 33.0 Å². The molecule has 12 nitrogen and oxygen atoms in total. The first-order valence-corrected chi connectivity index (χ1v) is 14.2. The minimum Gasteiger partial charge on any atom is -0.394 e. The average Bonchev–Trinajstić information content (AvgIpc) is 3.01. The van der Waals surface area contributed by atoms with Crippen molar-refractivity contribution in [2.24, 2.45) is 0 Å². The molecule has 0 saturated carbocycles. The molecule has 2 fully saturated rings. The number of aliphatic hydroxyl groups excluding tert-OH is 4. The van der Waals surface area contributed by atoms with Gasteiger partial charge in [-0.3, -0.25) is 4.79 Å². The highest BCUT2D eigenvalue weighted by atomic mass is 16.7. The Morgan fingerprint density at radius 1 is 0.860 bits per heavy atom. The van der Waals surface area contributed by atoms with Gasteiger partial charge in [-0.05, 0) is 11.1 Å². The molecule has 2 saturated heterocycles. The van der Waals surface area contributed by atoms with Crippen molar-refractivity contribution in [3.8, 4) is 0 Å². The van der Waals surface area contributed by atoms with Crippen LogP contribution in [0, 0.1) is 0 Å². The lowest BCUT2D eigenvalue weighted by molar-refractivity contribution is -0.352. The molecule has 0 radical (unpaired) electrons. The fourth-order valence-corrected chi connectivity index (χ4v) is 5.06. The van der Waals surface area contributed by atoms with Crippen molar-refractivity contribution in [3.63, 3.8) is 0 Å². The third-order valence-electron chi connectivity index (χ3n) is 7.21. The number of amides is 1. The molecule has 5 N–H and O–H groups in total. The molecule has 2 aromatic rings. The van der Waals surface area contributed by atoms with Crippen LogP contribution in [0.2, 0.25) is 0 Å². The fraction of sp³-hybridized carbons (Fsp3) is 0.516. The van der Waals surface area contributed by atoms with Crippen LogP contribution in [0.15, 0.2) is 73.3 Å². The number of hydrogen-bond donors (Lipinski definition) is 5. The Morgan fingerprint density at radius 3 is 2.09 bits per heavy atom. The summed E-state index contributed by atoms with van der Waals surface area (Å²) in [5, 5.41) is 43.9. The van der Waals surface area contributed by atoms with E-state index < -0.39 is 68.0 Å². The maximum atomic E-state index is 12.4. The number of carbonyl (C=O) groups is 1. The molecule has 2 aliphatic rings. The highest BCUT2D eigenvalue weighted by molar-refractivity contribution is 5.73. The molecule has 0 spiro atoms. The van der Waals surface area contributed by atoms with E-state index >= 15 is 0 Å². The van der Waals surface area contributed by atoms with E-state index in [1.807, 2.05) is 60.7 Å². The quantitative estimate of drug-likeness (QED) is 0.190. The van der Waals surface area contributed by atoms with E-state index in [2.05, 4.69) is 11.9 Å². The van der Waals surface area contributed by atoms with Crippen LogP contribution in [0.5, 0.6) is 0 Å². The summed E-state index contributed by atoms with van der Waals surface area (Å²) in [6.07, 6.45) is -9.91. The molecule has 2 aromatic carbocycles. The van der Waals surface area contributed by atoms with Gasteiger partial charge in [0.15, 0.2) is 12.6 Å². The summed E-state index contributed by atoms with van der Waals surface area (Å²) in [4.78, 5) is 12.4. The molecule has 2 heterocycles. The molecule has 0 aliphatic carbocycles. The van der Waals surface area contributed by atoms with Gasteiger partial charge in [0.2, 0.25) is 5.91 Å². The van der Waals surface area contributed by atoms with Crippen LogP contribution in [0.3, 0.4) is 0 Å². The molecule has 10 unspecified atom stereocenters. The Kier molecular flexibility index (Phi) is 12.6. The SMILES string of the molecule is C=CCOC1C(NC(C)=O)C(OCc2ccccc2)OC(COCc2ccccc2)C1OC1OC(CO)C(O)C(O)C1O. The minimum absolute atomic E-state index is 0.0110. The molecule has 0 aromatic heterocycles. The molecule has 236 valence electrons. The highest BCUT2D eigenvalue weighted by Gasteiger charge is 2.52. The number of ether oxygens (including phenoxy) is 6. The van der Waals surface area contributed by atoms with Crippen LogP contribution < -0.4 is 5.32 Å². The van der Waals surface area contributed by atoms with E-state index in [0.717, 1.165) is 11.1 Å². The lowest BCUT2D eigenvalue weighted by Gasteiger charge is -2.48. The number of nitrogens with one attached hydrogen (secondary N) is 1. The summed E-state index contributed by atoms with van der Waals surface area (Å²) in [5.41, 5.74) is 1.81. The van der Waals surface area contributed by atoms with E-state index in [1.54, 1.807) is 0 Å². The molecule has 1 amide bonds. The third-order valence-corrected chi connectivity index (χ3v) is 7.21. The first-order chi connectivity index (χ1) is 20.8. The van der Waals surface area contributed by atoms with Crippen molar-refractivity contribution in [1.29, 1.82) is 0 Å². The van der Waals surface area contributed by atoms with Crippen molar-refractivity contribution in [1.82, 2.24) is 5.32 Å². The van der Waals surface area contributed by atoms with Gasteiger partial charge in [-0.15, -0.1) is 6.58 Å². The van der Waals surface area contributed by atoms with Crippen molar-refractivity contribution >= 4 is 5.91 Å². The van der Waals surface area contributed by atoms with Gasteiger partial charge < -0.3 is 54.2 Å². The molecule has 43 heavy (non-hydrogen) atoms. The second kappa shape index (κ2) is 16.4. The van der Waals surface area contributed by atoms with Gasteiger partial charge >= 0.3 is 0 Å². The zero-order valence-electron chi connectivity index (χ0n) is 24.0. The zero-order chi connectivity index (χ0) is 30.8. The Bertz CT molecular complexity index is 1120. The minimum atomic E-state index is -1.67. The zero-order valence-corrected chi connectivity index (χ0v) is 24.0. The lowest BCUT2D eigenvalue weighted by Crippen LogP contribution is -2.68. The van der Waals surface area contributed by atoms with Gasteiger partial charge in [-0.2, -0.15) is 0 Å². The third kappa shape index (κ3) is 8.89. The van der Waals surface area contributed by atoms with Crippen molar-refractivity contribution in [2.75, 3.05) is 19.8 Å². The Hall–Kier alpha value is -2.75. The van der Waals surface area contributed by atoms with E-state index in [-0.39, 0.29) is 32.3 Å². The smallest absolute Gasteiger partial charge is 0.217 e.